The Morgan fingerprint density at radius 2 is 2.32 bits per heavy atom. The zero-order chi connectivity index (χ0) is 14.4. The Kier molecular flexibility index (Phi) is 5.75. The highest BCUT2D eigenvalue weighted by Gasteiger charge is 2.15. The van der Waals surface area contributed by atoms with Gasteiger partial charge in [0.1, 0.15) is 11.7 Å². The van der Waals surface area contributed by atoms with Gasteiger partial charge in [-0.3, -0.25) is 4.79 Å². The van der Waals surface area contributed by atoms with Crippen LogP contribution in [0.15, 0.2) is 27.8 Å². The van der Waals surface area contributed by atoms with E-state index in [9.17, 15) is 9.18 Å². The largest absolute Gasteiger partial charge is 0.409 e. The van der Waals surface area contributed by atoms with E-state index in [2.05, 4.69) is 26.4 Å². The smallest absolute Gasteiger partial charge is 0.251 e. The van der Waals surface area contributed by atoms with Crippen LogP contribution in [-0.2, 0) is 0 Å². The Morgan fingerprint density at radius 1 is 1.63 bits per heavy atom. The molecule has 0 heterocycles. The standard InChI is InChI=1S/C12H15BrFN3O2/c1-2-8(6-11(15)17-19)16-12(18)7-3-4-9(13)10(14)5-7/h3-5,8,19H,2,6H2,1H3,(H2,15,17)(H,16,18). The summed E-state index contributed by atoms with van der Waals surface area (Å²) >= 11 is 3.02. The third-order valence-electron chi connectivity index (χ3n) is 2.59. The molecular weight excluding hydrogens is 317 g/mol. The van der Waals surface area contributed by atoms with Crippen molar-refractivity contribution in [3.63, 3.8) is 0 Å². The highest BCUT2D eigenvalue weighted by molar-refractivity contribution is 9.10. The molecule has 1 aromatic carbocycles. The molecule has 1 amide bonds. The van der Waals surface area contributed by atoms with Crippen molar-refractivity contribution in [1.29, 1.82) is 0 Å². The Morgan fingerprint density at radius 3 is 2.84 bits per heavy atom. The van der Waals surface area contributed by atoms with Crippen molar-refractivity contribution in [3.8, 4) is 0 Å². The SMILES string of the molecule is CCC(CC(N)=NO)NC(=O)c1ccc(Br)c(F)c1. The number of carbonyl (C=O) groups is 1. The third-order valence-corrected chi connectivity index (χ3v) is 3.24. The zero-order valence-corrected chi connectivity index (χ0v) is 11.9. The maximum absolute atomic E-state index is 13.3. The van der Waals surface area contributed by atoms with E-state index in [1.165, 1.54) is 12.1 Å². The molecule has 0 aliphatic heterocycles. The highest BCUT2D eigenvalue weighted by atomic mass is 79.9. The molecule has 1 atom stereocenters. The molecule has 1 rings (SSSR count). The number of rotatable bonds is 5. The Hall–Kier alpha value is -1.63. The molecular formula is C12H15BrFN3O2. The van der Waals surface area contributed by atoms with Crippen LogP contribution in [0.4, 0.5) is 4.39 Å². The van der Waals surface area contributed by atoms with Gasteiger partial charge < -0.3 is 16.3 Å². The summed E-state index contributed by atoms with van der Waals surface area (Å²) in [7, 11) is 0. The Balaban J connectivity index is 2.74. The normalized spacial score (nSPS) is 13.1. The number of benzene rings is 1. The van der Waals surface area contributed by atoms with Crippen molar-refractivity contribution in [1.82, 2.24) is 5.32 Å². The fraction of sp³-hybridized carbons (Fsp3) is 0.333. The van der Waals surface area contributed by atoms with Gasteiger partial charge in [-0.15, -0.1) is 0 Å². The molecule has 1 aromatic rings. The lowest BCUT2D eigenvalue weighted by Crippen LogP contribution is -2.37. The van der Waals surface area contributed by atoms with Crippen LogP contribution < -0.4 is 11.1 Å². The van der Waals surface area contributed by atoms with Crippen LogP contribution in [0.1, 0.15) is 30.1 Å². The van der Waals surface area contributed by atoms with Crippen molar-refractivity contribution in [2.75, 3.05) is 0 Å². The summed E-state index contributed by atoms with van der Waals surface area (Å²) in [6, 6.07) is 3.86. The third kappa shape index (κ3) is 4.51. The van der Waals surface area contributed by atoms with Crippen molar-refractivity contribution >= 4 is 27.7 Å². The predicted octanol–water partition coefficient (Wildman–Crippen LogP) is 2.23. The molecule has 0 saturated carbocycles. The fourth-order valence-corrected chi connectivity index (χ4v) is 1.74. The summed E-state index contributed by atoms with van der Waals surface area (Å²) in [4.78, 5) is 11.9. The van der Waals surface area contributed by atoms with E-state index in [4.69, 9.17) is 10.9 Å². The van der Waals surface area contributed by atoms with Gasteiger partial charge in [-0.1, -0.05) is 12.1 Å². The van der Waals surface area contributed by atoms with Crippen molar-refractivity contribution < 1.29 is 14.4 Å². The van der Waals surface area contributed by atoms with E-state index < -0.39 is 11.7 Å². The second-order valence-electron chi connectivity index (χ2n) is 4.00. The first-order valence-electron chi connectivity index (χ1n) is 5.70. The molecule has 4 N–H and O–H groups in total. The molecule has 0 fully saturated rings. The van der Waals surface area contributed by atoms with Gasteiger partial charge in [-0.25, -0.2) is 4.39 Å². The van der Waals surface area contributed by atoms with Crippen LogP contribution >= 0.6 is 15.9 Å². The summed E-state index contributed by atoms with van der Waals surface area (Å²) in [6.07, 6.45) is 0.846. The van der Waals surface area contributed by atoms with E-state index in [1.54, 1.807) is 0 Å². The van der Waals surface area contributed by atoms with Crippen LogP contribution in [0, 0.1) is 5.82 Å². The Labute approximate surface area is 118 Å². The molecule has 0 aliphatic carbocycles. The minimum Gasteiger partial charge on any atom is -0.409 e. The molecule has 0 spiro atoms. The topological polar surface area (TPSA) is 87.7 Å². The molecule has 0 aliphatic rings. The first kappa shape index (κ1) is 15.4. The number of nitrogens with one attached hydrogen (secondary N) is 1. The number of oxime groups is 1. The van der Waals surface area contributed by atoms with Crippen molar-refractivity contribution in [3.05, 3.63) is 34.1 Å². The number of carbonyl (C=O) groups excluding carboxylic acids is 1. The van der Waals surface area contributed by atoms with Crippen molar-refractivity contribution in [2.24, 2.45) is 10.9 Å². The Bertz CT molecular complexity index is 494. The molecule has 19 heavy (non-hydrogen) atoms. The monoisotopic (exact) mass is 331 g/mol. The number of amidine groups is 1. The second kappa shape index (κ2) is 7.08. The summed E-state index contributed by atoms with van der Waals surface area (Å²) in [6.45, 7) is 1.86. The van der Waals surface area contributed by atoms with E-state index in [0.717, 1.165) is 6.07 Å². The van der Waals surface area contributed by atoms with Gasteiger partial charge >= 0.3 is 0 Å². The van der Waals surface area contributed by atoms with Crippen molar-refractivity contribution in [2.45, 2.75) is 25.8 Å². The fourth-order valence-electron chi connectivity index (χ4n) is 1.50. The highest BCUT2D eigenvalue weighted by Crippen LogP contribution is 2.16. The van der Waals surface area contributed by atoms with Gasteiger partial charge in [-0.2, -0.15) is 0 Å². The number of amides is 1. The van der Waals surface area contributed by atoms with Gasteiger partial charge in [0.15, 0.2) is 0 Å². The predicted molar refractivity (Wildman–Crippen MR) is 73.7 cm³/mol. The quantitative estimate of drug-likeness (QED) is 0.334. The van der Waals surface area contributed by atoms with Crippen LogP contribution in [0.25, 0.3) is 0 Å². The maximum atomic E-state index is 13.3. The summed E-state index contributed by atoms with van der Waals surface area (Å²) in [5.41, 5.74) is 5.61. The molecule has 7 heteroatoms. The van der Waals surface area contributed by atoms with E-state index >= 15 is 0 Å². The molecule has 1 unspecified atom stereocenters. The van der Waals surface area contributed by atoms with Crippen LogP contribution in [0.2, 0.25) is 0 Å². The van der Waals surface area contributed by atoms with Crippen LogP contribution in [-0.4, -0.2) is 23.0 Å². The first-order valence-corrected chi connectivity index (χ1v) is 6.49. The summed E-state index contributed by atoms with van der Waals surface area (Å²) in [5, 5.41) is 14.1. The molecule has 104 valence electrons. The minimum absolute atomic E-state index is 0.0362. The average Bonchev–Trinajstić information content (AvgIpc) is 2.40. The van der Waals surface area contributed by atoms with E-state index in [0.29, 0.717) is 10.9 Å². The summed E-state index contributed by atoms with van der Waals surface area (Å²) in [5.74, 6) is -0.866. The van der Waals surface area contributed by atoms with Gasteiger partial charge in [0, 0.05) is 18.0 Å². The zero-order valence-electron chi connectivity index (χ0n) is 10.4. The molecule has 0 radical (unpaired) electrons. The number of hydrogen-bond acceptors (Lipinski definition) is 3. The number of halogens is 2. The van der Waals surface area contributed by atoms with E-state index in [1.807, 2.05) is 6.92 Å². The second-order valence-corrected chi connectivity index (χ2v) is 4.86. The lowest BCUT2D eigenvalue weighted by atomic mass is 10.1. The van der Waals surface area contributed by atoms with Crippen LogP contribution in [0.5, 0.6) is 0 Å². The van der Waals surface area contributed by atoms with E-state index in [-0.39, 0.29) is 23.9 Å². The minimum atomic E-state index is -0.503. The lowest BCUT2D eigenvalue weighted by molar-refractivity contribution is 0.0936. The molecule has 0 aromatic heterocycles. The molecule has 0 saturated heterocycles. The number of hydrogen-bond donors (Lipinski definition) is 3. The number of nitrogens with two attached hydrogens (primary N) is 1. The molecule has 5 nitrogen and oxygen atoms in total. The maximum Gasteiger partial charge on any atom is 0.251 e. The lowest BCUT2D eigenvalue weighted by Gasteiger charge is -2.16. The van der Waals surface area contributed by atoms with Gasteiger partial charge in [0.05, 0.1) is 4.47 Å². The average molecular weight is 332 g/mol. The van der Waals surface area contributed by atoms with Gasteiger partial charge in [0.25, 0.3) is 5.91 Å². The summed E-state index contributed by atoms with van der Waals surface area (Å²) < 4.78 is 13.6. The molecule has 0 bridgehead atoms. The van der Waals surface area contributed by atoms with Crippen LogP contribution in [0.3, 0.4) is 0 Å². The van der Waals surface area contributed by atoms with Gasteiger partial charge in [0.2, 0.25) is 0 Å². The van der Waals surface area contributed by atoms with Gasteiger partial charge in [-0.05, 0) is 40.5 Å². The first-order chi connectivity index (χ1) is 8.97. The number of nitrogens with zero attached hydrogens (tertiary/aromatic N) is 1.